The quantitative estimate of drug-likeness (QED) is 0.808. The molecule has 3 atom stereocenters. The van der Waals surface area contributed by atoms with E-state index in [1.54, 1.807) is 11.0 Å². The van der Waals surface area contributed by atoms with Gasteiger partial charge < -0.3 is 15.3 Å². The Bertz CT molecular complexity index is 718. The largest absolute Gasteiger partial charge is 0.391 e. The lowest BCUT2D eigenvalue weighted by Crippen LogP contribution is -2.72. The summed E-state index contributed by atoms with van der Waals surface area (Å²) in [4.78, 5) is 30.0. The van der Waals surface area contributed by atoms with Crippen molar-refractivity contribution in [1.29, 1.82) is 0 Å². The molecule has 1 amide bonds. The SMILES string of the molecule is CC1(C)[C@@H](N2CNc3ccccc3C2=O)C(=O)C[C@@H]2[C@@H](O)CCCN21. The summed E-state index contributed by atoms with van der Waals surface area (Å²) in [6.45, 7) is 5.22. The van der Waals surface area contributed by atoms with Gasteiger partial charge >= 0.3 is 0 Å². The molecule has 6 nitrogen and oxygen atoms in total. The van der Waals surface area contributed by atoms with Crippen molar-refractivity contribution in [3.05, 3.63) is 29.8 Å². The van der Waals surface area contributed by atoms with Crippen molar-refractivity contribution in [3.8, 4) is 0 Å². The summed E-state index contributed by atoms with van der Waals surface area (Å²) in [5.41, 5.74) is 0.916. The molecule has 2 N–H and O–H groups in total. The van der Waals surface area contributed by atoms with Crippen LogP contribution in [0.1, 0.15) is 43.5 Å². The molecule has 0 aromatic heterocycles. The molecule has 6 heteroatoms. The molecule has 1 aromatic carbocycles. The number of hydrogen-bond donors (Lipinski definition) is 2. The number of Topliss-reactive ketones (excluding diaryl/α,β-unsaturated/α-hetero) is 1. The highest BCUT2D eigenvalue weighted by Crippen LogP contribution is 2.39. The Morgan fingerprint density at radius 3 is 2.80 bits per heavy atom. The van der Waals surface area contributed by atoms with Gasteiger partial charge in [-0.05, 0) is 45.4 Å². The van der Waals surface area contributed by atoms with Crippen molar-refractivity contribution in [2.45, 2.75) is 56.8 Å². The Morgan fingerprint density at radius 2 is 2.00 bits per heavy atom. The van der Waals surface area contributed by atoms with Crippen molar-refractivity contribution >= 4 is 17.4 Å². The van der Waals surface area contributed by atoms with Gasteiger partial charge in [0.25, 0.3) is 5.91 Å². The Kier molecular flexibility index (Phi) is 3.85. The number of ketones is 1. The normalized spacial score (nSPS) is 32.0. The van der Waals surface area contributed by atoms with Crippen molar-refractivity contribution in [1.82, 2.24) is 9.80 Å². The molecular formula is C19H25N3O3. The van der Waals surface area contributed by atoms with E-state index in [4.69, 9.17) is 0 Å². The maximum Gasteiger partial charge on any atom is 0.258 e. The molecule has 3 heterocycles. The number of nitrogens with zero attached hydrogens (tertiary/aromatic N) is 2. The minimum absolute atomic E-state index is 0.0433. The zero-order valence-corrected chi connectivity index (χ0v) is 14.7. The third-order valence-electron chi connectivity index (χ3n) is 6.04. The second kappa shape index (κ2) is 5.81. The molecule has 134 valence electrons. The fraction of sp³-hybridized carbons (Fsp3) is 0.579. The number of rotatable bonds is 1. The van der Waals surface area contributed by atoms with Crippen LogP contribution in [0.15, 0.2) is 24.3 Å². The number of carbonyl (C=O) groups excluding carboxylic acids is 2. The third kappa shape index (κ3) is 2.47. The fourth-order valence-electron chi connectivity index (χ4n) is 4.85. The van der Waals surface area contributed by atoms with E-state index in [2.05, 4.69) is 10.2 Å². The van der Waals surface area contributed by atoms with Gasteiger partial charge in [-0.2, -0.15) is 0 Å². The van der Waals surface area contributed by atoms with E-state index < -0.39 is 17.7 Å². The third-order valence-corrected chi connectivity index (χ3v) is 6.04. The zero-order valence-electron chi connectivity index (χ0n) is 14.7. The molecule has 3 aliphatic heterocycles. The van der Waals surface area contributed by atoms with Crippen LogP contribution in [0.2, 0.25) is 0 Å². The molecule has 2 fully saturated rings. The zero-order chi connectivity index (χ0) is 17.8. The lowest BCUT2D eigenvalue weighted by atomic mass is 9.75. The van der Waals surface area contributed by atoms with Crippen LogP contribution in [0.25, 0.3) is 0 Å². The molecule has 2 saturated heterocycles. The van der Waals surface area contributed by atoms with E-state index >= 15 is 0 Å². The summed E-state index contributed by atoms with van der Waals surface area (Å²) in [5, 5.41) is 13.6. The fourth-order valence-corrected chi connectivity index (χ4v) is 4.85. The van der Waals surface area contributed by atoms with Gasteiger partial charge in [0, 0.05) is 23.7 Å². The second-order valence-electron chi connectivity index (χ2n) is 7.85. The standard InChI is InChI=1S/C19H25N3O3/c1-19(2)17(16(24)10-14-15(23)8-5-9-22(14)19)21-11-20-13-7-4-3-6-12(13)18(21)25/h3-4,6-7,14-15,17,20,23H,5,8-11H2,1-2H3/t14-,15+,17+/m1/s1. The number of aliphatic hydroxyl groups excluding tert-OH is 1. The molecule has 0 saturated carbocycles. The Hall–Kier alpha value is -1.92. The van der Waals surface area contributed by atoms with Gasteiger partial charge in [0.05, 0.1) is 18.3 Å². The Morgan fingerprint density at radius 1 is 1.24 bits per heavy atom. The van der Waals surface area contributed by atoms with Gasteiger partial charge in [-0.15, -0.1) is 0 Å². The number of nitrogens with one attached hydrogen (secondary N) is 1. The predicted octanol–water partition coefficient (Wildman–Crippen LogP) is 1.46. The molecule has 25 heavy (non-hydrogen) atoms. The molecule has 0 radical (unpaired) electrons. The number of carbonyl (C=O) groups is 2. The van der Waals surface area contributed by atoms with E-state index in [-0.39, 0.29) is 17.7 Å². The van der Waals surface area contributed by atoms with E-state index in [0.717, 1.165) is 25.1 Å². The van der Waals surface area contributed by atoms with Gasteiger partial charge in [0.1, 0.15) is 6.04 Å². The highest BCUT2D eigenvalue weighted by atomic mass is 16.3. The first-order chi connectivity index (χ1) is 11.9. The number of aliphatic hydroxyl groups is 1. The number of hydrogen-bond acceptors (Lipinski definition) is 5. The lowest BCUT2D eigenvalue weighted by molar-refractivity contribution is -0.148. The van der Waals surface area contributed by atoms with Crippen LogP contribution < -0.4 is 5.32 Å². The molecule has 3 aliphatic rings. The summed E-state index contributed by atoms with van der Waals surface area (Å²) in [6, 6.07) is 6.77. The second-order valence-corrected chi connectivity index (χ2v) is 7.85. The number of benzene rings is 1. The van der Waals surface area contributed by atoms with Crippen LogP contribution in [-0.2, 0) is 4.79 Å². The average Bonchev–Trinajstić information content (AvgIpc) is 2.58. The van der Waals surface area contributed by atoms with Crippen LogP contribution >= 0.6 is 0 Å². The Labute approximate surface area is 147 Å². The smallest absolute Gasteiger partial charge is 0.258 e. The number of para-hydroxylation sites is 1. The number of anilines is 1. The maximum absolute atomic E-state index is 13.0. The van der Waals surface area contributed by atoms with Gasteiger partial charge in [-0.25, -0.2) is 0 Å². The molecule has 0 unspecified atom stereocenters. The monoisotopic (exact) mass is 343 g/mol. The average molecular weight is 343 g/mol. The summed E-state index contributed by atoms with van der Waals surface area (Å²) in [7, 11) is 0. The first-order valence-corrected chi connectivity index (χ1v) is 9.02. The predicted molar refractivity (Wildman–Crippen MR) is 94.3 cm³/mol. The van der Waals surface area contributed by atoms with E-state index in [1.165, 1.54) is 0 Å². The number of fused-ring (bicyclic) bond motifs is 2. The van der Waals surface area contributed by atoms with Crippen molar-refractivity contribution in [2.24, 2.45) is 0 Å². The van der Waals surface area contributed by atoms with E-state index in [1.807, 2.05) is 32.0 Å². The molecule has 0 spiro atoms. The van der Waals surface area contributed by atoms with Crippen molar-refractivity contribution in [2.75, 3.05) is 18.5 Å². The number of piperidine rings is 2. The Balaban J connectivity index is 1.68. The topological polar surface area (TPSA) is 72.9 Å². The van der Waals surface area contributed by atoms with Gasteiger partial charge in [0.2, 0.25) is 0 Å². The molecule has 1 aromatic rings. The minimum atomic E-state index is -0.512. The van der Waals surface area contributed by atoms with Crippen LogP contribution in [0.5, 0.6) is 0 Å². The first kappa shape index (κ1) is 16.5. The first-order valence-electron chi connectivity index (χ1n) is 9.02. The highest BCUT2D eigenvalue weighted by molar-refractivity contribution is 6.04. The van der Waals surface area contributed by atoms with Crippen molar-refractivity contribution < 1.29 is 14.7 Å². The van der Waals surface area contributed by atoms with Gasteiger partial charge in [0.15, 0.2) is 5.78 Å². The molecule has 0 bridgehead atoms. The molecule has 0 aliphatic carbocycles. The number of amides is 1. The van der Waals surface area contributed by atoms with Crippen LogP contribution in [0.4, 0.5) is 5.69 Å². The van der Waals surface area contributed by atoms with E-state index in [0.29, 0.717) is 18.7 Å². The summed E-state index contributed by atoms with van der Waals surface area (Å²) in [5.74, 6) is -0.0569. The van der Waals surface area contributed by atoms with Gasteiger partial charge in [-0.1, -0.05) is 12.1 Å². The van der Waals surface area contributed by atoms with Crippen LogP contribution in [0, 0.1) is 0 Å². The highest BCUT2D eigenvalue weighted by Gasteiger charge is 2.54. The maximum atomic E-state index is 13.0. The van der Waals surface area contributed by atoms with Crippen LogP contribution in [-0.4, -0.2) is 63.5 Å². The van der Waals surface area contributed by atoms with Gasteiger partial charge in [-0.3, -0.25) is 14.5 Å². The lowest BCUT2D eigenvalue weighted by Gasteiger charge is -2.57. The van der Waals surface area contributed by atoms with Crippen LogP contribution in [0.3, 0.4) is 0 Å². The van der Waals surface area contributed by atoms with E-state index in [9.17, 15) is 14.7 Å². The molecular weight excluding hydrogens is 318 g/mol. The summed E-state index contributed by atoms with van der Waals surface area (Å²) < 4.78 is 0. The summed E-state index contributed by atoms with van der Waals surface area (Å²) >= 11 is 0. The van der Waals surface area contributed by atoms with Crippen molar-refractivity contribution in [3.63, 3.8) is 0 Å². The minimum Gasteiger partial charge on any atom is -0.391 e. The summed E-state index contributed by atoms with van der Waals surface area (Å²) in [6.07, 6.45) is 1.50. The molecule has 4 rings (SSSR count).